The Morgan fingerprint density at radius 2 is 1.83 bits per heavy atom. The maximum atomic E-state index is 14.4. The fourth-order valence-corrected chi connectivity index (χ4v) is 3.74. The normalized spacial score (nSPS) is 22.3. The highest BCUT2D eigenvalue weighted by molar-refractivity contribution is 7.85. The number of halogens is 2. The van der Waals surface area contributed by atoms with Crippen LogP contribution < -0.4 is 4.90 Å². The molecule has 3 rings (SSSR count). The molecule has 4 nitrogen and oxygen atoms in total. The standard InChI is InChI=1S/C17H17F2N3OS/c1-16(18,19)17(24(2)23)12-22(13-8-4-3-5-9-13)15(21-17)14-10-6-7-11-20-14/h3-11H,12H2,1-2H3. The third-order valence-corrected chi connectivity index (χ3v) is 5.57. The summed E-state index contributed by atoms with van der Waals surface area (Å²) in [5, 5.41) is 0. The molecule has 1 aromatic carbocycles. The van der Waals surface area contributed by atoms with Crippen LogP contribution in [0.15, 0.2) is 59.7 Å². The summed E-state index contributed by atoms with van der Waals surface area (Å²) in [6.07, 6.45) is 2.85. The van der Waals surface area contributed by atoms with Crippen LogP contribution in [0.4, 0.5) is 14.5 Å². The third kappa shape index (κ3) is 2.73. The van der Waals surface area contributed by atoms with Gasteiger partial charge in [0, 0.05) is 25.1 Å². The zero-order valence-electron chi connectivity index (χ0n) is 13.3. The summed E-state index contributed by atoms with van der Waals surface area (Å²) in [6, 6.07) is 14.3. The maximum Gasteiger partial charge on any atom is 0.283 e. The molecule has 0 spiro atoms. The van der Waals surface area contributed by atoms with Crippen molar-refractivity contribution in [2.24, 2.45) is 4.99 Å². The van der Waals surface area contributed by atoms with Gasteiger partial charge in [0.15, 0.2) is 5.84 Å². The van der Waals surface area contributed by atoms with E-state index in [1.807, 2.05) is 18.2 Å². The SMILES string of the molecule is CS(=O)C1(C(C)(F)F)CN(c2ccccc2)C(c2ccccn2)=N1. The van der Waals surface area contributed by atoms with E-state index in [1.54, 1.807) is 41.4 Å². The van der Waals surface area contributed by atoms with E-state index in [9.17, 15) is 13.0 Å². The van der Waals surface area contributed by atoms with E-state index in [-0.39, 0.29) is 6.54 Å². The second-order valence-corrected chi connectivity index (χ2v) is 7.28. The van der Waals surface area contributed by atoms with Crippen molar-refractivity contribution in [1.29, 1.82) is 0 Å². The number of aromatic nitrogens is 1. The van der Waals surface area contributed by atoms with Crippen molar-refractivity contribution in [3.8, 4) is 0 Å². The van der Waals surface area contributed by atoms with Gasteiger partial charge < -0.3 is 4.90 Å². The molecule has 126 valence electrons. The molecule has 7 heteroatoms. The molecular weight excluding hydrogens is 332 g/mol. The number of rotatable bonds is 4. The van der Waals surface area contributed by atoms with Gasteiger partial charge in [-0.1, -0.05) is 24.3 Å². The van der Waals surface area contributed by atoms with Gasteiger partial charge >= 0.3 is 0 Å². The van der Waals surface area contributed by atoms with Crippen molar-refractivity contribution >= 4 is 22.3 Å². The van der Waals surface area contributed by atoms with Gasteiger partial charge in [0.05, 0.1) is 17.3 Å². The summed E-state index contributed by atoms with van der Waals surface area (Å²) >= 11 is 0. The molecule has 0 radical (unpaired) electrons. The van der Waals surface area contributed by atoms with Crippen LogP contribution in [0.2, 0.25) is 0 Å². The molecule has 2 aromatic rings. The molecule has 1 aromatic heterocycles. The summed E-state index contributed by atoms with van der Waals surface area (Å²) in [6.45, 7) is 0.595. The second kappa shape index (κ2) is 6.05. The Kier molecular flexibility index (Phi) is 4.21. The van der Waals surface area contributed by atoms with Gasteiger partial charge in [0.2, 0.25) is 4.87 Å². The quantitative estimate of drug-likeness (QED) is 0.852. The van der Waals surface area contributed by atoms with E-state index in [2.05, 4.69) is 9.98 Å². The summed E-state index contributed by atoms with van der Waals surface area (Å²) in [5.74, 6) is -2.94. The number of nitrogens with zero attached hydrogens (tertiary/aromatic N) is 3. The topological polar surface area (TPSA) is 45.6 Å². The first-order chi connectivity index (χ1) is 11.3. The Hall–Kier alpha value is -2.15. The number of aliphatic imine (C=N–C) groups is 1. The number of hydrogen-bond donors (Lipinski definition) is 0. The van der Waals surface area contributed by atoms with Crippen LogP contribution in [0.1, 0.15) is 12.6 Å². The van der Waals surface area contributed by atoms with Gasteiger partial charge in [-0.05, 0) is 24.3 Å². The fraction of sp³-hybridized carbons (Fsp3) is 0.294. The minimum absolute atomic E-state index is 0.171. The Bertz CT molecular complexity index is 777. The van der Waals surface area contributed by atoms with E-state index in [0.717, 1.165) is 6.92 Å². The first-order valence-corrected chi connectivity index (χ1v) is 8.96. The largest absolute Gasteiger partial charge is 0.321 e. The molecule has 2 atom stereocenters. The molecule has 1 aliphatic heterocycles. The van der Waals surface area contributed by atoms with Crippen LogP contribution >= 0.6 is 0 Å². The number of amidine groups is 1. The van der Waals surface area contributed by atoms with Crippen molar-refractivity contribution < 1.29 is 13.0 Å². The van der Waals surface area contributed by atoms with Crippen molar-refractivity contribution in [3.63, 3.8) is 0 Å². The monoisotopic (exact) mass is 349 g/mol. The molecule has 0 bridgehead atoms. The smallest absolute Gasteiger partial charge is 0.283 e. The summed E-state index contributed by atoms with van der Waals surface area (Å²) in [5.41, 5.74) is 1.18. The summed E-state index contributed by atoms with van der Waals surface area (Å²) in [7, 11) is -1.86. The Balaban J connectivity index is 2.18. The first-order valence-electron chi connectivity index (χ1n) is 7.40. The van der Waals surface area contributed by atoms with Crippen LogP contribution in [0.5, 0.6) is 0 Å². The molecular formula is C17H17F2N3OS. The van der Waals surface area contributed by atoms with Crippen LogP contribution in [0, 0.1) is 0 Å². The fourth-order valence-electron chi connectivity index (χ4n) is 2.71. The third-order valence-electron chi connectivity index (χ3n) is 4.04. The molecule has 0 fully saturated rings. The zero-order chi connectivity index (χ0) is 17.4. The number of hydrogen-bond acceptors (Lipinski definition) is 4. The minimum atomic E-state index is -3.24. The predicted molar refractivity (Wildman–Crippen MR) is 92.0 cm³/mol. The zero-order valence-corrected chi connectivity index (χ0v) is 14.1. The van der Waals surface area contributed by atoms with Gasteiger partial charge in [-0.3, -0.25) is 9.19 Å². The minimum Gasteiger partial charge on any atom is -0.321 e. The highest BCUT2D eigenvalue weighted by Crippen LogP contribution is 2.41. The Morgan fingerprint density at radius 3 is 2.38 bits per heavy atom. The molecule has 0 saturated heterocycles. The van der Waals surface area contributed by atoms with Crippen molar-refractivity contribution in [1.82, 2.24) is 4.98 Å². The molecule has 2 heterocycles. The number of para-hydroxylation sites is 1. The molecule has 0 saturated carbocycles. The van der Waals surface area contributed by atoms with Gasteiger partial charge in [-0.15, -0.1) is 0 Å². The van der Waals surface area contributed by atoms with Crippen LogP contribution in [0.25, 0.3) is 0 Å². The lowest BCUT2D eigenvalue weighted by Crippen LogP contribution is -2.51. The van der Waals surface area contributed by atoms with Gasteiger partial charge in [-0.25, -0.2) is 13.8 Å². The lowest BCUT2D eigenvalue weighted by atomic mass is 10.1. The molecule has 24 heavy (non-hydrogen) atoms. The van der Waals surface area contributed by atoms with E-state index in [4.69, 9.17) is 0 Å². The maximum absolute atomic E-state index is 14.4. The Morgan fingerprint density at radius 1 is 1.17 bits per heavy atom. The van der Waals surface area contributed by atoms with E-state index in [0.29, 0.717) is 17.2 Å². The lowest BCUT2D eigenvalue weighted by molar-refractivity contribution is -0.0140. The Labute approximate surface area is 141 Å². The summed E-state index contributed by atoms with van der Waals surface area (Å²) in [4.78, 5) is 8.13. The number of alkyl halides is 2. The van der Waals surface area contributed by atoms with Crippen LogP contribution in [-0.4, -0.2) is 38.6 Å². The summed E-state index contributed by atoms with van der Waals surface area (Å²) < 4.78 is 41.0. The first kappa shape index (κ1) is 16.7. The molecule has 0 amide bonds. The average molecular weight is 349 g/mol. The van der Waals surface area contributed by atoms with Crippen molar-refractivity contribution in [3.05, 3.63) is 60.4 Å². The van der Waals surface area contributed by atoms with Crippen LogP contribution in [-0.2, 0) is 10.8 Å². The number of benzene rings is 1. The second-order valence-electron chi connectivity index (χ2n) is 5.70. The van der Waals surface area contributed by atoms with Crippen molar-refractivity contribution in [2.45, 2.75) is 17.7 Å². The van der Waals surface area contributed by atoms with E-state index >= 15 is 0 Å². The van der Waals surface area contributed by atoms with Gasteiger partial charge in [-0.2, -0.15) is 0 Å². The number of pyridine rings is 1. The average Bonchev–Trinajstić information content (AvgIpc) is 2.99. The van der Waals surface area contributed by atoms with Crippen molar-refractivity contribution in [2.75, 3.05) is 17.7 Å². The number of anilines is 1. The van der Waals surface area contributed by atoms with Crippen LogP contribution in [0.3, 0.4) is 0 Å². The molecule has 1 aliphatic rings. The van der Waals surface area contributed by atoms with Gasteiger partial charge in [0.1, 0.15) is 5.69 Å². The highest BCUT2D eigenvalue weighted by Gasteiger charge is 2.58. The van der Waals surface area contributed by atoms with Gasteiger partial charge in [0.25, 0.3) is 5.92 Å². The van der Waals surface area contributed by atoms with E-state index in [1.165, 1.54) is 6.26 Å². The molecule has 2 unspecified atom stereocenters. The molecule has 0 N–H and O–H groups in total. The van der Waals surface area contributed by atoms with E-state index < -0.39 is 21.6 Å². The lowest BCUT2D eigenvalue weighted by Gasteiger charge is -2.31. The predicted octanol–water partition coefficient (Wildman–Crippen LogP) is 3.08. The highest BCUT2D eigenvalue weighted by atomic mass is 32.2. The molecule has 0 aliphatic carbocycles.